The number of aromatic nitrogens is 1. The number of thiazole rings is 1. The number of carbonyl (C=O) groups excluding carboxylic acids is 1. The number of nitrogens with one attached hydrogen (secondary N) is 1. The van der Waals surface area contributed by atoms with E-state index in [4.69, 9.17) is 11.6 Å². The number of benzene rings is 3. The molecule has 0 aliphatic heterocycles. The van der Waals surface area contributed by atoms with Crippen molar-refractivity contribution >= 4 is 60.5 Å². The van der Waals surface area contributed by atoms with Gasteiger partial charge in [-0.25, -0.2) is 8.42 Å². The highest BCUT2D eigenvalue weighted by Gasteiger charge is 2.19. The summed E-state index contributed by atoms with van der Waals surface area (Å²) in [6, 6.07) is 18.6. The molecule has 0 atom stereocenters. The van der Waals surface area contributed by atoms with E-state index in [0.717, 1.165) is 27.8 Å². The Morgan fingerprint density at radius 3 is 2.45 bits per heavy atom. The van der Waals surface area contributed by atoms with Crippen molar-refractivity contribution in [1.82, 2.24) is 4.57 Å². The molecule has 7 nitrogen and oxygen atoms in total. The molecule has 0 radical (unpaired) electrons. The smallest absolute Gasteiger partial charge is 0.307 e. The number of fused-ring (bicyclic) bond motifs is 1. The molecule has 4 aromatic rings. The molecule has 0 aliphatic rings. The molecule has 1 heterocycles. The summed E-state index contributed by atoms with van der Waals surface area (Å²) in [7, 11) is -1.89. The minimum atomic E-state index is -3.59. The first kappa shape index (κ1) is 23.0. The van der Waals surface area contributed by atoms with Crippen LogP contribution in [0.15, 0.2) is 71.5 Å². The highest BCUT2D eigenvalue weighted by Crippen LogP contribution is 2.25. The average Bonchev–Trinajstić information content (AvgIpc) is 3.05. The maximum Gasteiger partial charge on any atom is 0.307 e. The first-order valence-electron chi connectivity index (χ1n) is 9.85. The minimum absolute atomic E-state index is 0.0729. The third-order valence-electron chi connectivity index (χ3n) is 5.14. The largest absolute Gasteiger partial charge is 0.322 e. The van der Waals surface area contributed by atoms with Crippen LogP contribution in [-0.2, 0) is 23.6 Å². The summed E-state index contributed by atoms with van der Waals surface area (Å²) in [6.45, 7) is 0.0734. The summed E-state index contributed by atoms with van der Waals surface area (Å²) in [4.78, 5) is 24.5. The Morgan fingerprint density at radius 1 is 1.09 bits per heavy atom. The van der Waals surface area contributed by atoms with Gasteiger partial charge >= 0.3 is 4.87 Å². The molecule has 10 heteroatoms. The predicted octanol–water partition coefficient (Wildman–Crippen LogP) is 4.47. The van der Waals surface area contributed by atoms with Gasteiger partial charge in [0.15, 0.2) is 0 Å². The molecule has 0 aliphatic carbocycles. The fourth-order valence-electron chi connectivity index (χ4n) is 3.38. The van der Waals surface area contributed by atoms with Crippen LogP contribution in [0.4, 0.5) is 11.4 Å². The minimum Gasteiger partial charge on any atom is -0.322 e. The normalized spacial score (nSPS) is 11.5. The molecule has 0 saturated heterocycles. The lowest BCUT2D eigenvalue weighted by Gasteiger charge is -2.23. The predicted molar refractivity (Wildman–Crippen MR) is 134 cm³/mol. The van der Waals surface area contributed by atoms with E-state index in [2.05, 4.69) is 5.32 Å². The molecule has 3 aromatic carbocycles. The van der Waals surface area contributed by atoms with Crippen LogP contribution in [0, 0.1) is 0 Å². The lowest BCUT2D eigenvalue weighted by Crippen LogP contribution is -2.29. The van der Waals surface area contributed by atoms with Gasteiger partial charge in [-0.2, -0.15) is 0 Å². The first-order valence-corrected chi connectivity index (χ1v) is 12.9. The Kier molecular flexibility index (Phi) is 6.29. The lowest BCUT2D eigenvalue weighted by molar-refractivity contribution is 0.102. The third-order valence-corrected chi connectivity index (χ3v) is 7.64. The highest BCUT2D eigenvalue weighted by molar-refractivity contribution is 7.92. The van der Waals surface area contributed by atoms with Crippen molar-refractivity contribution < 1.29 is 13.2 Å². The molecule has 1 amide bonds. The van der Waals surface area contributed by atoms with Crippen LogP contribution < -0.4 is 14.5 Å². The number of nitrogens with zero attached hydrogens (tertiary/aromatic N) is 2. The number of anilines is 2. The van der Waals surface area contributed by atoms with Gasteiger partial charge in [0.2, 0.25) is 10.0 Å². The van der Waals surface area contributed by atoms with Crippen molar-refractivity contribution in [3.05, 3.63) is 92.5 Å². The second-order valence-corrected chi connectivity index (χ2v) is 10.8. The fraction of sp³-hybridized carbons (Fsp3) is 0.130. The standard InChI is InChI=1S/C23H20ClN3O4S2/c1-26-20-12-9-17(13-21(20)32-23(26)29)25-22(28)15-7-10-18(11-8-15)27(33(2,30)31)14-16-5-3-4-6-19(16)24/h3-13H,14H2,1-2H3,(H,25,28). The van der Waals surface area contributed by atoms with E-state index in [0.29, 0.717) is 27.5 Å². The Hall–Kier alpha value is -3.14. The lowest BCUT2D eigenvalue weighted by atomic mass is 10.1. The fourth-order valence-corrected chi connectivity index (χ4v) is 5.37. The van der Waals surface area contributed by atoms with E-state index < -0.39 is 10.0 Å². The molecule has 170 valence electrons. The van der Waals surface area contributed by atoms with Crippen LogP contribution in [0.5, 0.6) is 0 Å². The van der Waals surface area contributed by atoms with Crippen LogP contribution in [0.25, 0.3) is 10.2 Å². The van der Waals surface area contributed by atoms with Gasteiger partial charge in [-0.05, 0) is 54.1 Å². The maximum absolute atomic E-state index is 12.7. The molecule has 0 unspecified atom stereocenters. The third kappa shape index (κ3) is 4.95. The van der Waals surface area contributed by atoms with Crippen LogP contribution in [0.3, 0.4) is 0 Å². The van der Waals surface area contributed by atoms with E-state index >= 15 is 0 Å². The number of hydrogen-bond donors (Lipinski definition) is 1. The maximum atomic E-state index is 12.7. The Morgan fingerprint density at radius 2 is 1.79 bits per heavy atom. The molecule has 0 spiro atoms. The summed E-state index contributed by atoms with van der Waals surface area (Å²) in [5.74, 6) is -0.346. The summed E-state index contributed by atoms with van der Waals surface area (Å²) >= 11 is 7.31. The molecule has 0 bridgehead atoms. The molecule has 4 rings (SSSR count). The monoisotopic (exact) mass is 501 g/mol. The van der Waals surface area contributed by atoms with Crippen LogP contribution in [-0.4, -0.2) is 25.1 Å². The zero-order chi connectivity index (χ0) is 23.8. The topological polar surface area (TPSA) is 88.5 Å². The number of rotatable bonds is 6. The number of sulfonamides is 1. The molecular weight excluding hydrogens is 482 g/mol. The number of aryl methyl sites for hydroxylation is 1. The second kappa shape index (κ2) is 9.01. The van der Waals surface area contributed by atoms with Crippen molar-refractivity contribution in [3.63, 3.8) is 0 Å². The van der Waals surface area contributed by atoms with Gasteiger partial charge in [0.1, 0.15) is 0 Å². The summed E-state index contributed by atoms with van der Waals surface area (Å²) in [5.41, 5.74) is 2.82. The molecule has 33 heavy (non-hydrogen) atoms. The van der Waals surface area contributed by atoms with E-state index in [-0.39, 0.29) is 17.3 Å². The van der Waals surface area contributed by atoms with E-state index in [1.165, 1.54) is 4.31 Å². The van der Waals surface area contributed by atoms with Crippen molar-refractivity contribution in [1.29, 1.82) is 0 Å². The quantitative estimate of drug-likeness (QED) is 0.422. The average molecular weight is 502 g/mol. The van der Waals surface area contributed by atoms with Gasteiger partial charge in [0.25, 0.3) is 5.91 Å². The van der Waals surface area contributed by atoms with Gasteiger partial charge in [-0.3, -0.25) is 13.9 Å². The SMILES string of the molecule is Cn1c(=O)sc2cc(NC(=O)c3ccc(N(Cc4ccccc4Cl)S(C)(=O)=O)cc3)ccc21. The first-order chi connectivity index (χ1) is 15.6. The number of halogens is 1. The number of amides is 1. The van der Waals surface area contributed by atoms with Crippen molar-refractivity contribution in [2.24, 2.45) is 7.05 Å². The van der Waals surface area contributed by atoms with Gasteiger partial charge in [0.05, 0.1) is 28.7 Å². The van der Waals surface area contributed by atoms with E-state index in [1.54, 1.807) is 78.3 Å². The zero-order valence-corrected chi connectivity index (χ0v) is 20.2. The summed E-state index contributed by atoms with van der Waals surface area (Å²) in [5, 5.41) is 3.29. The molecule has 1 aromatic heterocycles. The van der Waals surface area contributed by atoms with Crippen LogP contribution in [0.2, 0.25) is 5.02 Å². The van der Waals surface area contributed by atoms with Crippen LogP contribution >= 0.6 is 22.9 Å². The Bertz CT molecular complexity index is 1510. The molecule has 0 saturated carbocycles. The van der Waals surface area contributed by atoms with Gasteiger partial charge < -0.3 is 9.88 Å². The number of hydrogen-bond acceptors (Lipinski definition) is 5. The van der Waals surface area contributed by atoms with Crippen molar-refractivity contribution in [2.75, 3.05) is 15.9 Å². The van der Waals surface area contributed by atoms with Crippen LogP contribution in [0.1, 0.15) is 15.9 Å². The number of carbonyl (C=O) groups is 1. The van der Waals surface area contributed by atoms with Gasteiger partial charge in [0, 0.05) is 23.3 Å². The Balaban J connectivity index is 1.55. The summed E-state index contributed by atoms with van der Waals surface area (Å²) < 4.78 is 28.4. The van der Waals surface area contributed by atoms with E-state index in [1.807, 2.05) is 0 Å². The summed E-state index contributed by atoms with van der Waals surface area (Å²) in [6.07, 6.45) is 1.12. The van der Waals surface area contributed by atoms with Crippen molar-refractivity contribution in [2.45, 2.75) is 6.54 Å². The van der Waals surface area contributed by atoms with Crippen molar-refractivity contribution in [3.8, 4) is 0 Å². The molecule has 1 N–H and O–H groups in total. The zero-order valence-electron chi connectivity index (χ0n) is 17.8. The second-order valence-electron chi connectivity index (χ2n) is 7.47. The molecule has 0 fully saturated rings. The highest BCUT2D eigenvalue weighted by atomic mass is 35.5. The van der Waals surface area contributed by atoms with Gasteiger partial charge in [-0.15, -0.1) is 0 Å². The van der Waals surface area contributed by atoms with Gasteiger partial charge in [-0.1, -0.05) is 41.1 Å². The Labute approximate surface area is 199 Å². The molecular formula is C23H20ClN3O4S2. The van der Waals surface area contributed by atoms with E-state index in [9.17, 15) is 18.0 Å².